The lowest BCUT2D eigenvalue weighted by atomic mass is 9.72. The fourth-order valence-electron chi connectivity index (χ4n) is 20.9. The molecule has 3 saturated carbocycles. The maximum atomic E-state index is 13.5. The standard InChI is InChI=1S/2C38H44ClN5O3S.C35H39ClN4O3S/c1-7-46-37(45)33(47-38(3,4)5)30-22(2)19-29-34(31(30)23-11-13-26(39)14-12-23)48-36(41-29)25-20-28-32(42-43(6)35(28)40-21-25)24-15-17-44(18-16-24)27-9-8-10-27;1-7-46-37(45)32(47-38(3,4)5)30-22(2)19-29-33(31(30)25-11-13-27(39)14-12-25)48-36(41-29)26-20-28-34(40-21-26)43(6)42-35(28)44-17-15-24(16-18-44)23-9-8-10-23;1-7-42-34(41)30(43-35(3,4)5)27-20(2)17-26-31(28(27)21-13-15-24(36)16-14-21)44-33(38-26)23-18-25-29(22-11-9-8-10-12-22)39-40(6)32(25)37-19-23/h11-14,19-21,24,27,33H,7-10,15-18H2,1-6H3;11-14,19-21,23-24,32H,7-10,15-18H2,1-6H3;13-19,22,30H,7-12H2,1-6H3/t33-;32-;30-/m000/s1. The maximum absolute atomic E-state index is 13.5. The van der Waals surface area contributed by atoms with Crippen LogP contribution in [0.3, 0.4) is 0 Å². The topological polar surface area (TPSA) is 244 Å². The molecule has 0 amide bonds. The number of halogens is 3. The monoisotopic (exact) mass is 2000 g/mol. The second-order valence-electron chi connectivity index (χ2n) is 41.2. The summed E-state index contributed by atoms with van der Waals surface area (Å²) in [5.74, 6) is 2.43. The number of hydrogen-bond acceptors (Lipinski definition) is 23. The molecule has 5 fully saturated rings. The Morgan fingerprint density at radius 3 is 1.05 bits per heavy atom. The first kappa shape index (κ1) is 99.9. The number of pyridine rings is 3. The molecule has 23 nitrogen and oxygen atoms in total. The van der Waals surface area contributed by atoms with Crippen molar-refractivity contribution in [2.75, 3.05) is 50.9 Å². The number of likely N-dealkylation sites (tertiary alicyclic amines) is 1. The molecule has 9 aromatic heterocycles. The van der Waals surface area contributed by atoms with Gasteiger partial charge >= 0.3 is 17.9 Å². The Balaban J connectivity index is 0.000000139. The molecule has 734 valence electrons. The van der Waals surface area contributed by atoms with Crippen molar-refractivity contribution in [2.45, 2.75) is 253 Å². The predicted octanol–water partition coefficient (Wildman–Crippen LogP) is 27.7. The van der Waals surface area contributed by atoms with Crippen LogP contribution in [0.15, 0.2) is 128 Å². The van der Waals surface area contributed by atoms with Crippen molar-refractivity contribution < 1.29 is 42.8 Å². The lowest BCUT2D eigenvalue weighted by Gasteiger charge is -2.41. The van der Waals surface area contributed by atoms with Crippen LogP contribution in [0.25, 0.3) is 129 Å². The fourth-order valence-corrected chi connectivity index (χ4v) is 24.6. The van der Waals surface area contributed by atoms with Gasteiger partial charge in [-0.05, 0) is 286 Å². The number of anilines is 1. The van der Waals surface area contributed by atoms with Crippen molar-refractivity contribution in [3.8, 4) is 65.1 Å². The number of hydrogen-bond donors (Lipinski definition) is 0. The SMILES string of the molecule is CCOC(=O)[C@@H](OC(C)(C)C)c1c(C)cc2nc(-c3cnc4c(c3)c(C3CCCCC3)nn4C)sc2c1-c1ccc(Cl)cc1.CCOC(=O)[C@@H](OC(C)(C)C)c1c(C)cc2nc(-c3cnc4c(c3)c(C3CCN(C5CCC5)CC3)nn4C)sc2c1-c1ccc(Cl)cc1.CCOC(=O)[C@@H](OC(C)(C)C)c1c(C)cc2nc(-c3cnc4c(c3)c(N3CCC(C5CCC5)CC3)nn4C)sc2c1-c1ccc(Cl)cc1. The summed E-state index contributed by atoms with van der Waals surface area (Å²) >= 11 is 23.8. The third kappa shape index (κ3) is 21.3. The normalized spacial score (nSPS) is 16.5. The number of ether oxygens (including phenoxy) is 6. The third-order valence-corrected chi connectivity index (χ3v) is 32.0. The second kappa shape index (κ2) is 41.6. The molecule has 3 atom stereocenters. The number of aromatic nitrogens is 12. The molecule has 6 aromatic carbocycles. The highest BCUT2D eigenvalue weighted by atomic mass is 35.5. The average molecular weight is 2000 g/mol. The molecule has 5 aliphatic rings. The lowest BCUT2D eigenvalue weighted by Crippen LogP contribution is -2.44. The van der Waals surface area contributed by atoms with Gasteiger partial charge in [0.25, 0.3) is 0 Å². The van der Waals surface area contributed by atoms with E-state index in [9.17, 15) is 14.4 Å². The number of aryl methyl sites for hydroxylation is 6. The Morgan fingerprint density at radius 1 is 0.393 bits per heavy atom. The van der Waals surface area contributed by atoms with Crippen LogP contribution in [-0.2, 0) is 63.9 Å². The highest BCUT2D eigenvalue weighted by molar-refractivity contribution is 7.23. The second-order valence-corrected chi connectivity index (χ2v) is 45.5. The largest absolute Gasteiger partial charge is 0.464 e. The molecule has 15 aromatic rings. The van der Waals surface area contributed by atoms with Crippen LogP contribution >= 0.6 is 68.8 Å². The van der Waals surface area contributed by atoms with Crippen molar-refractivity contribution in [1.82, 2.24) is 64.1 Å². The zero-order chi connectivity index (χ0) is 98.7. The summed E-state index contributed by atoms with van der Waals surface area (Å²) in [5, 5.41) is 22.7. The van der Waals surface area contributed by atoms with Gasteiger partial charge in [-0.15, -0.1) is 34.0 Å². The van der Waals surface area contributed by atoms with Gasteiger partial charge in [-0.25, -0.2) is 49.0 Å². The summed E-state index contributed by atoms with van der Waals surface area (Å²) in [5.41, 5.74) is 19.2. The van der Waals surface area contributed by atoms with Gasteiger partial charge in [0.05, 0.1) is 84.0 Å². The Bertz CT molecular complexity index is 6810. The number of rotatable bonds is 23. The van der Waals surface area contributed by atoms with E-state index < -0.39 is 53.0 Å². The molecule has 11 heterocycles. The van der Waals surface area contributed by atoms with Gasteiger partial charge in [0.15, 0.2) is 41.1 Å². The first-order chi connectivity index (χ1) is 67.0. The van der Waals surface area contributed by atoms with Crippen LogP contribution in [0, 0.1) is 32.6 Å². The smallest absolute Gasteiger partial charge is 0.339 e. The molecule has 2 aliphatic heterocycles. The highest BCUT2D eigenvalue weighted by Gasteiger charge is 2.41. The van der Waals surface area contributed by atoms with Crippen molar-refractivity contribution in [2.24, 2.45) is 33.0 Å². The number of piperidine rings is 2. The minimum absolute atomic E-state index is 0.259. The van der Waals surface area contributed by atoms with Crippen LogP contribution in [-0.4, -0.2) is 151 Å². The van der Waals surface area contributed by atoms with Gasteiger partial charge in [-0.3, -0.25) is 9.36 Å². The van der Waals surface area contributed by atoms with E-state index in [-0.39, 0.29) is 19.8 Å². The predicted molar refractivity (Wildman–Crippen MR) is 567 cm³/mol. The zero-order valence-electron chi connectivity index (χ0n) is 83.6. The van der Waals surface area contributed by atoms with E-state index >= 15 is 0 Å². The quantitative estimate of drug-likeness (QED) is 0.0427. The summed E-state index contributed by atoms with van der Waals surface area (Å²) < 4.78 is 44.6. The van der Waals surface area contributed by atoms with E-state index in [1.54, 1.807) is 34.0 Å². The highest BCUT2D eigenvalue weighted by Crippen LogP contribution is 2.52. The molecule has 140 heavy (non-hydrogen) atoms. The molecule has 0 unspecified atom stereocenters. The van der Waals surface area contributed by atoms with E-state index in [0.717, 1.165) is 236 Å². The molecular formula is C111H127Cl3N14O9S3. The minimum Gasteiger partial charge on any atom is -0.464 e. The lowest BCUT2D eigenvalue weighted by molar-refractivity contribution is -0.167. The number of carbonyl (C=O) groups is 3. The molecule has 0 radical (unpaired) electrons. The molecule has 0 N–H and O–H groups in total. The summed E-state index contributed by atoms with van der Waals surface area (Å²) in [6, 6.07) is 36.7. The van der Waals surface area contributed by atoms with E-state index in [4.69, 9.17) is 108 Å². The third-order valence-electron chi connectivity index (χ3n) is 27.9. The van der Waals surface area contributed by atoms with Crippen LogP contribution in [0.5, 0.6) is 0 Å². The van der Waals surface area contributed by atoms with Gasteiger partial charge in [0.2, 0.25) is 0 Å². The Morgan fingerprint density at radius 2 is 0.721 bits per heavy atom. The van der Waals surface area contributed by atoms with Crippen molar-refractivity contribution in [1.29, 1.82) is 0 Å². The summed E-state index contributed by atoms with van der Waals surface area (Å²) in [6.07, 6.45) is 22.0. The summed E-state index contributed by atoms with van der Waals surface area (Å²) in [6.45, 7) is 34.1. The summed E-state index contributed by atoms with van der Waals surface area (Å²) in [7, 11) is 5.93. The first-order valence-electron chi connectivity index (χ1n) is 49.7. The van der Waals surface area contributed by atoms with Crippen LogP contribution < -0.4 is 4.90 Å². The summed E-state index contributed by atoms with van der Waals surface area (Å²) in [4.78, 5) is 75.8. The van der Waals surface area contributed by atoms with Gasteiger partial charge in [0.1, 0.15) is 15.0 Å². The maximum Gasteiger partial charge on any atom is 0.339 e. The Kier molecular flexibility index (Phi) is 29.7. The minimum atomic E-state index is -0.921. The molecule has 0 spiro atoms. The van der Waals surface area contributed by atoms with Gasteiger partial charge < -0.3 is 38.2 Å². The Labute approximate surface area is 846 Å². The number of fused-ring (bicyclic) bond motifs is 6. The number of nitrogens with zero attached hydrogens (tertiary/aromatic N) is 14. The van der Waals surface area contributed by atoms with Gasteiger partial charge in [-0.1, -0.05) is 116 Å². The van der Waals surface area contributed by atoms with E-state index in [1.807, 2.05) is 236 Å². The number of benzene rings is 6. The van der Waals surface area contributed by atoms with Crippen molar-refractivity contribution in [3.05, 3.63) is 188 Å². The van der Waals surface area contributed by atoms with Crippen molar-refractivity contribution in [3.63, 3.8) is 0 Å². The van der Waals surface area contributed by atoms with Crippen LogP contribution in [0.1, 0.15) is 254 Å². The fraction of sp³-hybridized carbons (Fsp3) is 0.459. The van der Waals surface area contributed by atoms with Crippen LogP contribution in [0.2, 0.25) is 15.1 Å². The average Bonchev–Trinajstić information content (AvgIpc) is 1.56. The molecule has 2 saturated heterocycles. The van der Waals surface area contributed by atoms with E-state index in [0.29, 0.717) is 26.9 Å². The van der Waals surface area contributed by atoms with E-state index in [1.165, 1.54) is 83.5 Å². The first-order valence-corrected chi connectivity index (χ1v) is 53.2. The number of thiazole rings is 3. The molecule has 0 bridgehead atoms. The molecule has 29 heteroatoms. The zero-order valence-corrected chi connectivity index (χ0v) is 88.3. The number of esters is 3. The van der Waals surface area contributed by atoms with Crippen molar-refractivity contribution >= 4 is 156 Å². The number of carbonyl (C=O) groups excluding carboxylic acids is 3. The Hall–Kier alpha value is -10.2. The van der Waals surface area contributed by atoms with E-state index in [2.05, 4.69) is 40.1 Å². The molecule has 20 rings (SSSR count). The molecular weight excluding hydrogens is 1880 g/mol. The van der Waals surface area contributed by atoms with Gasteiger partial charge in [0, 0.05) is 147 Å². The van der Waals surface area contributed by atoms with Gasteiger partial charge in [-0.2, -0.15) is 15.3 Å². The van der Waals surface area contributed by atoms with Crippen LogP contribution in [0.4, 0.5) is 5.82 Å². The molecule has 3 aliphatic carbocycles.